The molecule has 0 radical (unpaired) electrons. The summed E-state index contributed by atoms with van der Waals surface area (Å²) in [5.41, 5.74) is 1.05. The fraction of sp³-hybridized carbons (Fsp3) is 0.286. The molecule has 0 unspecified atom stereocenters. The van der Waals surface area contributed by atoms with E-state index in [1.54, 1.807) is 0 Å². The van der Waals surface area contributed by atoms with Crippen LogP contribution in [0.4, 0.5) is 27.6 Å². The number of nitrogens with two attached hydrogens (primary N) is 1. The summed E-state index contributed by atoms with van der Waals surface area (Å²) in [5, 5.41) is -0.897. The minimum absolute atomic E-state index is 0.594. The third kappa shape index (κ3) is 2.28. The van der Waals surface area contributed by atoms with Gasteiger partial charge >= 0.3 is 6.18 Å². The Balaban J connectivity index is 3.53. The van der Waals surface area contributed by atoms with Crippen LogP contribution in [0.5, 0.6) is 0 Å². The lowest BCUT2D eigenvalue weighted by molar-refractivity contribution is -0.138. The molecule has 0 saturated carbocycles. The van der Waals surface area contributed by atoms with E-state index in [9.17, 15) is 22.0 Å². The Labute approximate surface area is 85.9 Å². The number of halogens is 6. The Morgan fingerprint density at radius 2 is 1.87 bits per heavy atom. The van der Waals surface area contributed by atoms with Crippen LogP contribution in [-0.2, 0) is 6.18 Å². The van der Waals surface area contributed by atoms with Gasteiger partial charge in [0.1, 0.15) is 5.15 Å². The maximum atomic E-state index is 12.3. The first-order valence-electron chi connectivity index (χ1n) is 3.54. The minimum Gasteiger partial charge on any atom is -0.397 e. The lowest BCUT2D eigenvalue weighted by atomic mass is 10.1. The van der Waals surface area contributed by atoms with Crippen molar-refractivity contribution in [3.05, 3.63) is 22.5 Å². The summed E-state index contributed by atoms with van der Waals surface area (Å²) in [4.78, 5) is 3.13. The van der Waals surface area contributed by atoms with Crippen molar-refractivity contribution in [1.82, 2.24) is 4.98 Å². The number of nitrogen functional groups attached to an aromatic ring is 1. The highest BCUT2D eigenvalue weighted by molar-refractivity contribution is 6.30. The van der Waals surface area contributed by atoms with Crippen LogP contribution >= 0.6 is 11.6 Å². The van der Waals surface area contributed by atoms with Gasteiger partial charge in [-0.1, -0.05) is 11.6 Å². The average Bonchev–Trinajstić information content (AvgIpc) is 2.05. The molecule has 0 aliphatic carbocycles. The second kappa shape index (κ2) is 3.80. The monoisotopic (exact) mass is 246 g/mol. The summed E-state index contributed by atoms with van der Waals surface area (Å²) in [6, 6.07) is 0. The van der Waals surface area contributed by atoms with Gasteiger partial charge in [-0.25, -0.2) is 13.8 Å². The van der Waals surface area contributed by atoms with Gasteiger partial charge < -0.3 is 5.73 Å². The van der Waals surface area contributed by atoms with Crippen LogP contribution in [0.15, 0.2) is 6.20 Å². The molecule has 8 heteroatoms. The van der Waals surface area contributed by atoms with E-state index in [1.165, 1.54) is 0 Å². The second-order valence-electron chi connectivity index (χ2n) is 2.59. The van der Waals surface area contributed by atoms with Gasteiger partial charge in [0.05, 0.1) is 23.0 Å². The molecule has 15 heavy (non-hydrogen) atoms. The topological polar surface area (TPSA) is 38.9 Å². The molecule has 2 nitrogen and oxygen atoms in total. The van der Waals surface area contributed by atoms with Crippen molar-refractivity contribution >= 4 is 17.3 Å². The van der Waals surface area contributed by atoms with Gasteiger partial charge in [0.25, 0.3) is 6.43 Å². The molecule has 1 aromatic heterocycles. The van der Waals surface area contributed by atoms with Crippen LogP contribution in [0, 0.1) is 0 Å². The van der Waals surface area contributed by atoms with Gasteiger partial charge in [-0.15, -0.1) is 0 Å². The minimum atomic E-state index is -4.98. The van der Waals surface area contributed by atoms with E-state index in [0.717, 1.165) is 0 Å². The molecule has 0 fully saturated rings. The molecule has 1 heterocycles. The number of pyridine rings is 1. The summed E-state index contributed by atoms with van der Waals surface area (Å²) < 4.78 is 61.7. The molecule has 2 N–H and O–H groups in total. The van der Waals surface area contributed by atoms with Crippen LogP contribution in [-0.4, -0.2) is 4.98 Å². The quantitative estimate of drug-likeness (QED) is 0.610. The van der Waals surface area contributed by atoms with Crippen molar-refractivity contribution in [3.63, 3.8) is 0 Å². The third-order valence-corrected chi connectivity index (χ3v) is 1.90. The van der Waals surface area contributed by atoms with Gasteiger partial charge in [-0.05, 0) is 0 Å². The van der Waals surface area contributed by atoms with Gasteiger partial charge in [-0.2, -0.15) is 13.2 Å². The smallest absolute Gasteiger partial charge is 0.397 e. The van der Waals surface area contributed by atoms with E-state index < -0.39 is 34.6 Å². The first kappa shape index (κ1) is 12.0. The number of hydrogen-bond donors (Lipinski definition) is 1. The van der Waals surface area contributed by atoms with Crippen molar-refractivity contribution in [2.45, 2.75) is 12.6 Å². The van der Waals surface area contributed by atoms with E-state index in [-0.39, 0.29) is 0 Å². The highest BCUT2D eigenvalue weighted by Gasteiger charge is 2.39. The number of nitrogens with zero attached hydrogens (tertiary/aromatic N) is 1. The van der Waals surface area contributed by atoms with Crippen molar-refractivity contribution in [1.29, 1.82) is 0 Å². The number of rotatable bonds is 1. The molecular formula is C7H4ClF5N2. The molecule has 0 amide bonds. The van der Waals surface area contributed by atoms with E-state index >= 15 is 0 Å². The fourth-order valence-electron chi connectivity index (χ4n) is 1.03. The van der Waals surface area contributed by atoms with Gasteiger partial charge in [-0.3, -0.25) is 0 Å². The number of hydrogen-bond acceptors (Lipinski definition) is 2. The zero-order valence-corrected chi connectivity index (χ0v) is 7.70. The fourth-order valence-corrected chi connectivity index (χ4v) is 1.26. The standard InChI is InChI=1S/C7H4ClF5N2/c8-5-3(6(9)10)4(7(11,12)13)2(14)1-15-5/h1,6H,14H2. The van der Waals surface area contributed by atoms with E-state index in [0.29, 0.717) is 6.20 Å². The van der Waals surface area contributed by atoms with Crippen molar-refractivity contribution < 1.29 is 22.0 Å². The molecule has 1 aromatic rings. The van der Waals surface area contributed by atoms with Crippen LogP contribution in [0.2, 0.25) is 5.15 Å². The van der Waals surface area contributed by atoms with Crippen molar-refractivity contribution in [3.8, 4) is 0 Å². The SMILES string of the molecule is Nc1cnc(Cl)c(C(F)F)c1C(F)(F)F. The highest BCUT2D eigenvalue weighted by Crippen LogP contribution is 2.41. The third-order valence-electron chi connectivity index (χ3n) is 1.60. The molecule has 0 bridgehead atoms. The maximum absolute atomic E-state index is 12.3. The van der Waals surface area contributed by atoms with Crippen LogP contribution < -0.4 is 5.73 Å². The zero-order valence-electron chi connectivity index (χ0n) is 6.95. The van der Waals surface area contributed by atoms with E-state index in [2.05, 4.69) is 4.98 Å². The second-order valence-corrected chi connectivity index (χ2v) is 2.95. The molecule has 1 rings (SSSR count). The Kier molecular flexibility index (Phi) is 3.03. The molecule has 0 spiro atoms. The van der Waals surface area contributed by atoms with E-state index in [4.69, 9.17) is 17.3 Å². The summed E-state index contributed by atoms with van der Waals surface area (Å²) >= 11 is 5.16. The zero-order chi connectivity index (χ0) is 11.8. The molecule has 0 atom stereocenters. The molecular weight excluding hydrogens is 243 g/mol. The highest BCUT2D eigenvalue weighted by atomic mass is 35.5. The first-order chi connectivity index (χ1) is 6.75. The molecule has 0 aliphatic rings. The van der Waals surface area contributed by atoms with Crippen LogP contribution in [0.25, 0.3) is 0 Å². The molecule has 0 aliphatic heterocycles. The number of anilines is 1. The summed E-state index contributed by atoms with van der Waals surface area (Å²) in [5.74, 6) is 0. The van der Waals surface area contributed by atoms with Gasteiger partial charge in [0.15, 0.2) is 0 Å². The predicted molar refractivity (Wildman–Crippen MR) is 43.6 cm³/mol. The van der Waals surface area contributed by atoms with Crippen molar-refractivity contribution in [2.75, 3.05) is 5.73 Å². The Bertz CT molecular complexity index is 376. The maximum Gasteiger partial charge on any atom is 0.419 e. The normalized spacial score (nSPS) is 12.2. The van der Waals surface area contributed by atoms with E-state index in [1.807, 2.05) is 0 Å². The summed E-state index contributed by atoms with van der Waals surface area (Å²) in [6.45, 7) is 0. The van der Waals surface area contributed by atoms with Crippen LogP contribution in [0.3, 0.4) is 0 Å². The molecule has 84 valence electrons. The lowest BCUT2D eigenvalue weighted by Crippen LogP contribution is -2.14. The number of aromatic nitrogens is 1. The van der Waals surface area contributed by atoms with Crippen LogP contribution in [0.1, 0.15) is 17.6 Å². The number of alkyl halides is 5. The summed E-state index contributed by atoms with van der Waals surface area (Å²) in [7, 11) is 0. The lowest BCUT2D eigenvalue weighted by Gasteiger charge is -2.15. The largest absolute Gasteiger partial charge is 0.419 e. The Morgan fingerprint density at radius 1 is 1.33 bits per heavy atom. The van der Waals surface area contributed by atoms with Gasteiger partial charge in [0.2, 0.25) is 0 Å². The Hall–Kier alpha value is -1.11. The summed E-state index contributed by atoms with van der Waals surface area (Å²) in [6.07, 6.45) is -7.77. The average molecular weight is 247 g/mol. The van der Waals surface area contributed by atoms with Gasteiger partial charge in [0, 0.05) is 0 Å². The van der Waals surface area contributed by atoms with Crippen molar-refractivity contribution in [2.24, 2.45) is 0 Å². The Morgan fingerprint density at radius 3 is 2.20 bits per heavy atom. The predicted octanol–water partition coefficient (Wildman–Crippen LogP) is 3.27. The molecule has 0 saturated heterocycles. The first-order valence-corrected chi connectivity index (χ1v) is 3.92. The molecule has 0 aromatic carbocycles.